The number of nitrogens with zero attached hydrogens (tertiary/aromatic N) is 2. The second-order valence-corrected chi connectivity index (χ2v) is 5.70. The molecule has 0 unspecified atom stereocenters. The van der Waals surface area contributed by atoms with Crippen molar-refractivity contribution in [2.24, 2.45) is 0 Å². The van der Waals surface area contributed by atoms with Crippen LogP contribution in [0.25, 0.3) is 0 Å². The maximum Gasteiger partial charge on any atom is 0.254 e. The largest absolute Gasteiger partial charge is 0.369 e. The number of hydrogen-bond acceptors (Lipinski definition) is 3. The Balaban J connectivity index is 2.49. The van der Waals surface area contributed by atoms with Gasteiger partial charge in [-0.25, -0.2) is 0 Å². The van der Waals surface area contributed by atoms with Gasteiger partial charge >= 0.3 is 0 Å². The highest BCUT2D eigenvalue weighted by atomic mass is 16.5. The van der Waals surface area contributed by atoms with Gasteiger partial charge in [0.15, 0.2) is 0 Å². The molecule has 1 rings (SSSR count). The Labute approximate surface area is 111 Å². The summed E-state index contributed by atoms with van der Waals surface area (Å²) in [6, 6.07) is 0.361. The lowest BCUT2D eigenvalue weighted by Gasteiger charge is -2.39. The fraction of sp³-hybridized carbons (Fsp3) is 0.929. The molecule has 0 aliphatic carbocycles. The monoisotopic (exact) mass is 256 g/mol. The lowest BCUT2D eigenvalue weighted by Crippen LogP contribution is -2.52. The first-order valence-electron chi connectivity index (χ1n) is 6.97. The van der Waals surface area contributed by atoms with Crippen LogP contribution in [-0.2, 0) is 9.53 Å². The topological polar surface area (TPSA) is 32.8 Å². The number of methoxy groups -OCH3 is 1. The quantitative estimate of drug-likeness (QED) is 0.751. The summed E-state index contributed by atoms with van der Waals surface area (Å²) in [7, 11) is 3.50. The highest BCUT2D eigenvalue weighted by Crippen LogP contribution is 2.20. The number of piperidine rings is 1. The van der Waals surface area contributed by atoms with Gasteiger partial charge in [0.25, 0.3) is 5.91 Å². The van der Waals surface area contributed by atoms with Crippen LogP contribution in [-0.4, -0.2) is 61.1 Å². The smallest absolute Gasteiger partial charge is 0.254 e. The van der Waals surface area contributed by atoms with E-state index < -0.39 is 5.60 Å². The van der Waals surface area contributed by atoms with Gasteiger partial charge in [-0.05, 0) is 39.7 Å². The standard InChI is InChI=1S/C14H28N2O2/c1-6-9-16-10-7-12(8-11-16)15(4)13(17)14(2,3)18-5/h12H,6-11H2,1-5H3. The molecule has 1 saturated heterocycles. The van der Waals surface area contributed by atoms with Crippen LogP contribution in [0, 0.1) is 0 Å². The van der Waals surface area contributed by atoms with E-state index in [1.165, 1.54) is 13.0 Å². The molecule has 0 aromatic heterocycles. The van der Waals surface area contributed by atoms with E-state index in [1.54, 1.807) is 7.11 Å². The summed E-state index contributed by atoms with van der Waals surface area (Å²) in [5, 5.41) is 0. The van der Waals surface area contributed by atoms with Gasteiger partial charge in [0.1, 0.15) is 5.60 Å². The Bertz CT molecular complexity index is 271. The van der Waals surface area contributed by atoms with Crippen LogP contribution in [0.1, 0.15) is 40.0 Å². The molecule has 1 aliphatic heterocycles. The van der Waals surface area contributed by atoms with Gasteiger partial charge in [-0.2, -0.15) is 0 Å². The van der Waals surface area contributed by atoms with Crippen molar-refractivity contribution >= 4 is 5.91 Å². The summed E-state index contributed by atoms with van der Waals surface area (Å²) in [6.45, 7) is 9.25. The first kappa shape index (κ1) is 15.4. The zero-order valence-corrected chi connectivity index (χ0v) is 12.5. The van der Waals surface area contributed by atoms with E-state index in [0.717, 1.165) is 25.9 Å². The molecule has 0 saturated carbocycles. The minimum atomic E-state index is -0.713. The van der Waals surface area contributed by atoms with Crippen molar-refractivity contribution in [2.45, 2.75) is 51.7 Å². The van der Waals surface area contributed by atoms with E-state index in [-0.39, 0.29) is 5.91 Å². The van der Waals surface area contributed by atoms with E-state index in [1.807, 2.05) is 25.8 Å². The number of ether oxygens (including phenoxy) is 1. The molecule has 0 aromatic rings. The number of likely N-dealkylation sites (N-methyl/N-ethyl adjacent to an activating group) is 1. The normalized spacial score (nSPS) is 18.9. The third-order valence-corrected chi connectivity index (χ3v) is 3.99. The van der Waals surface area contributed by atoms with E-state index in [0.29, 0.717) is 6.04 Å². The number of amides is 1. The Morgan fingerprint density at radius 2 is 1.94 bits per heavy atom. The SMILES string of the molecule is CCCN1CCC(N(C)C(=O)C(C)(C)OC)CC1. The minimum Gasteiger partial charge on any atom is -0.369 e. The third-order valence-electron chi connectivity index (χ3n) is 3.99. The molecular weight excluding hydrogens is 228 g/mol. The molecule has 1 heterocycles. The molecule has 1 fully saturated rings. The fourth-order valence-electron chi connectivity index (χ4n) is 2.52. The van der Waals surface area contributed by atoms with Gasteiger partial charge in [0.2, 0.25) is 0 Å². The fourth-order valence-corrected chi connectivity index (χ4v) is 2.52. The molecule has 4 heteroatoms. The molecule has 1 amide bonds. The van der Waals surface area contributed by atoms with E-state index >= 15 is 0 Å². The number of carbonyl (C=O) groups excluding carboxylic acids is 1. The zero-order chi connectivity index (χ0) is 13.8. The molecule has 0 spiro atoms. The van der Waals surface area contributed by atoms with Crippen LogP contribution < -0.4 is 0 Å². The molecule has 1 aliphatic rings. The van der Waals surface area contributed by atoms with Crippen molar-refractivity contribution in [3.63, 3.8) is 0 Å². The summed E-state index contributed by atoms with van der Waals surface area (Å²) >= 11 is 0. The Hall–Kier alpha value is -0.610. The second-order valence-electron chi connectivity index (χ2n) is 5.70. The highest BCUT2D eigenvalue weighted by molar-refractivity contribution is 5.84. The number of likely N-dealkylation sites (tertiary alicyclic amines) is 1. The van der Waals surface area contributed by atoms with Gasteiger partial charge in [0, 0.05) is 33.3 Å². The van der Waals surface area contributed by atoms with Crippen LogP contribution in [0.5, 0.6) is 0 Å². The summed E-state index contributed by atoms with van der Waals surface area (Å²) in [6.07, 6.45) is 3.35. The lowest BCUT2D eigenvalue weighted by molar-refractivity contribution is -0.152. The van der Waals surface area contributed by atoms with Crippen LogP contribution in [0.2, 0.25) is 0 Å². The minimum absolute atomic E-state index is 0.0824. The summed E-state index contributed by atoms with van der Waals surface area (Å²) in [5.74, 6) is 0.0824. The Kier molecular flexibility index (Phi) is 5.60. The van der Waals surface area contributed by atoms with Gasteiger partial charge in [-0.15, -0.1) is 0 Å². The van der Waals surface area contributed by atoms with Crippen molar-refractivity contribution in [3.05, 3.63) is 0 Å². The van der Waals surface area contributed by atoms with Gasteiger partial charge in [0.05, 0.1) is 0 Å². The zero-order valence-electron chi connectivity index (χ0n) is 12.5. The van der Waals surface area contributed by atoms with Crippen molar-refractivity contribution in [1.82, 2.24) is 9.80 Å². The van der Waals surface area contributed by atoms with E-state index in [9.17, 15) is 4.79 Å². The molecular formula is C14H28N2O2. The average molecular weight is 256 g/mol. The summed E-state index contributed by atoms with van der Waals surface area (Å²) in [5.41, 5.74) is -0.713. The van der Waals surface area contributed by atoms with Crippen molar-refractivity contribution in [1.29, 1.82) is 0 Å². The predicted molar refractivity (Wildman–Crippen MR) is 73.6 cm³/mol. The molecule has 18 heavy (non-hydrogen) atoms. The molecule has 0 radical (unpaired) electrons. The van der Waals surface area contributed by atoms with Crippen molar-refractivity contribution in [3.8, 4) is 0 Å². The maximum atomic E-state index is 12.3. The van der Waals surface area contributed by atoms with Gasteiger partial charge in [-0.1, -0.05) is 6.92 Å². The van der Waals surface area contributed by atoms with Crippen LogP contribution in [0.4, 0.5) is 0 Å². The predicted octanol–water partition coefficient (Wildman–Crippen LogP) is 1.74. The van der Waals surface area contributed by atoms with Crippen LogP contribution in [0.15, 0.2) is 0 Å². The maximum absolute atomic E-state index is 12.3. The lowest BCUT2D eigenvalue weighted by atomic mass is 10.0. The number of hydrogen-bond donors (Lipinski definition) is 0. The number of rotatable bonds is 5. The van der Waals surface area contributed by atoms with Crippen LogP contribution >= 0.6 is 0 Å². The average Bonchev–Trinajstić information content (AvgIpc) is 2.38. The Morgan fingerprint density at radius 1 is 1.39 bits per heavy atom. The molecule has 4 nitrogen and oxygen atoms in total. The highest BCUT2D eigenvalue weighted by Gasteiger charge is 2.34. The third kappa shape index (κ3) is 3.69. The first-order chi connectivity index (χ1) is 8.42. The first-order valence-corrected chi connectivity index (χ1v) is 6.97. The molecule has 0 atom stereocenters. The second kappa shape index (κ2) is 6.53. The molecule has 0 bridgehead atoms. The molecule has 106 valence electrons. The van der Waals surface area contributed by atoms with E-state index in [2.05, 4.69) is 11.8 Å². The van der Waals surface area contributed by atoms with Crippen molar-refractivity contribution in [2.75, 3.05) is 33.8 Å². The van der Waals surface area contributed by atoms with Crippen molar-refractivity contribution < 1.29 is 9.53 Å². The summed E-state index contributed by atoms with van der Waals surface area (Å²) in [4.78, 5) is 16.7. The van der Waals surface area contributed by atoms with Crippen LogP contribution in [0.3, 0.4) is 0 Å². The molecule has 0 N–H and O–H groups in total. The Morgan fingerprint density at radius 3 is 2.39 bits per heavy atom. The molecule has 0 aromatic carbocycles. The van der Waals surface area contributed by atoms with E-state index in [4.69, 9.17) is 4.74 Å². The number of carbonyl (C=O) groups is 1. The van der Waals surface area contributed by atoms with Gasteiger partial charge in [-0.3, -0.25) is 4.79 Å². The van der Waals surface area contributed by atoms with Gasteiger partial charge < -0.3 is 14.5 Å². The summed E-state index contributed by atoms with van der Waals surface area (Å²) < 4.78 is 5.27.